The molecule has 1 N–H and O–H groups in total. The minimum absolute atomic E-state index is 0.0696. The molecule has 5 nitrogen and oxygen atoms in total. The third-order valence-electron chi connectivity index (χ3n) is 3.90. The number of aromatic nitrogens is 1. The van der Waals surface area contributed by atoms with Crippen LogP contribution in [0, 0.1) is 0 Å². The molecule has 3 rings (SSSR count). The summed E-state index contributed by atoms with van der Waals surface area (Å²) < 4.78 is 7.99. The molecule has 0 aliphatic carbocycles. The van der Waals surface area contributed by atoms with Gasteiger partial charge in [-0.3, -0.25) is 4.79 Å². The first-order valence-corrected chi connectivity index (χ1v) is 7.07. The van der Waals surface area contributed by atoms with Gasteiger partial charge in [-0.05, 0) is 25.0 Å². The molecule has 3 heterocycles. The summed E-state index contributed by atoms with van der Waals surface area (Å²) in [5.41, 5.74) is 1.27. The Hall–Kier alpha value is -1.33. The zero-order valence-corrected chi connectivity index (χ0v) is 11.2. The molecular weight excluding hydrogens is 242 g/mol. The van der Waals surface area contributed by atoms with E-state index in [2.05, 4.69) is 28.2 Å². The summed E-state index contributed by atoms with van der Waals surface area (Å²) in [6, 6.07) is 4.17. The molecule has 0 aromatic carbocycles. The van der Waals surface area contributed by atoms with Gasteiger partial charge < -0.3 is 19.5 Å². The van der Waals surface area contributed by atoms with E-state index < -0.39 is 0 Å². The second-order valence-corrected chi connectivity index (χ2v) is 5.30. The molecule has 1 aromatic rings. The van der Waals surface area contributed by atoms with Gasteiger partial charge in [0.25, 0.3) is 0 Å². The summed E-state index contributed by atoms with van der Waals surface area (Å²) >= 11 is 0. The molecule has 104 valence electrons. The lowest BCUT2D eigenvalue weighted by Gasteiger charge is -2.19. The van der Waals surface area contributed by atoms with Gasteiger partial charge in [-0.15, -0.1) is 0 Å². The van der Waals surface area contributed by atoms with Gasteiger partial charge in [-0.2, -0.15) is 0 Å². The number of carbonyl (C=O) groups excluding carboxylic acids is 1. The number of amides is 1. The number of likely N-dealkylation sites (tertiary alicyclic amines) is 1. The Morgan fingerprint density at radius 3 is 3.11 bits per heavy atom. The van der Waals surface area contributed by atoms with Crippen LogP contribution in [0.15, 0.2) is 18.3 Å². The van der Waals surface area contributed by atoms with Crippen LogP contribution in [0.25, 0.3) is 0 Å². The number of nitrogens with one attached hydrogen (secondary N) is 1. The van der Waals surface area contributed by atoms with Crippen LogP contribution >= 0.6 is 0 Å². The number of hydrogen-bond acceptors (Lipinski definition) is 3. The standard InChI is InChI=1S/C14H21N3O2/c18-14(16-5-1-2-6-16)11-19-13-9-15-8-12-4-3-7-17(12)10-13/h3-4,7,13,15H,1-2,5-6,8-11H2/t13-/m0/s1. The van der Waals surface area contributed by atoms with Gasteiger partial charge in [0, 0.05) is 44.6 Å². The molecule has 1 aromatic heterocycles. The SMILES string of the molecule is O=C(CO[C@H]1CNCc2cccn2C1)N1CCCC1. The van der Waals surface area contributed by atoms with Crippen molar-refractivity contribution in [2.45, 2.75) is 32.0 Å². The van der Waals surface area contributed by atoms with E-state index in [0.29, 0.717) is 0 Å². The fraction of sp³-hybridized carbons (Fsp3) is 0.643. The predicted octanol–water partition coefficient (Wildman–Crippen LogP) is 0.599. The highest BCUT2D eigenvalue weighted by Gasteiger charge is 2.21. The number of fused-ring (bicyclic) bond motifs is 1. The van der Waals surface area contributed by atoms with Crippen LogP contribution in [0.3, 0.4) is 0 Å². The largest absolute Gasteiger partial charge is 0.365 e. The highest BCUT2D eigenvalue weighted by Crippen LogP contribution is 2.11. The minimum atomic E-state index is 0.0696. The van der Waals surface area contributed by atoms with Gasteiger partial charge in [0.2, 0.25) is 5.91 Å². The first-order valence-electron chi connectivity index (χ1n) is 7.07. The lowest BCUT2D eigenvalue weighted by Crippen LogP contribution is -2.36. The fourth-order valence-electron chi connectivity index (χ4n) is 2.79. The second kappa shape index (κ2) is 5.75. The Bertz CT molecular complexity index is 438. The van der Waals surface area contributed by atoms with Gasteiger partial charge in [-0.25, -0.2) is 0 Å². The van der Waals surface area contributed by atoms with Crippen LogP contribution in [0.4, 0.5) is 0 Å². The Morgan fingerprint density at radius 1 is 1.42 bits per heavy atom. The van der Waals surface area contributed by atoms with E-state index in [-0.39, 0.29) is 18.6 Å². The van der Waals surface area contributed by atoms with Gasteiger partial charge in [0.15, 0.2) is 0 Å². The van der Waals surface area contributed by atoms with Crippen LogP contribution in [0.1, 0.15) is 18.5 Å². The van der Waals surface area contributed by atoms with E-state index in [4.69, 9.17) is 4.74 Å². The van der Waals surface area contributed by atoms with Crippen LogP contribution in [0.2, 0.25) is 0 Å². The minimum Gasteiger partial charge on any atom is -0.365 e. The molecule has 2 aliphatic rings. The van der Waals surface area contributed by atoms with E-state index in [1.165, 1.54) is 5.69 Å². The summed E-state index contributed by atoms with van der Waals surface area (Å²) in [6.07, 6.45) is 4.40. The highest BCUT2D eigenvalue weighted by atomic mass is 16.5. The number of carbonyl (C=O) groups is 1. The molecule has 19 heavy (non-hydrogen) atoms. The normalized spacial score (nSPS) is 23.2. The molecule has 0 bridgehead atoms. The molecule has 0 unspecified atom stereocenters. The molecule has 1 amide bonds. The summed E-state index contributed by atoms with van der Waals surface area (Å²) in [6.45, 7) is 4.49. The van der Waals surface area contributed by atoms with Crippen molar-refractivity contribution >= 4 is 5.91 Å². The average Bonchev–Trinajstić information content (AvgIpc) is 3.05. The first-order chi connectivity index (χ1) is 9.33. The summed E-state index contributed by atoms with van der Waals surface area (Å²) in [7, 11) is 0. The maximum Gasteiger partial charge on any atom is 0.248 e. The molecule has 2 aliphatic heterocycles. The molecule has 0 radical (unpaired) electrons. The maximum atomic E-state index is 11.9. The van der Waals surface area contributed by atoms with Crippen LogP contribution < -0.4 is 5.32 Å². The van der Waals surface area contributed by atoms with E-state index in [1.54, 1.807) is 0 Å². The lowest BCUT2D eigenvalue weighted by molar-refractivity contribution is -0.137. The van der Waals surface area contributed by atoms with E-state index in [0.717, 1.165) is 45.6 Å². The average molecular weight is 263 g/mol. The van der Waals surface area contributed by atoms with E-state index >= 15 is 0 Å². The zero-order valence-electron chi connectivity index (χ0n) is 11.2. The van der Waals surface area contributed by atoms with Crippen molar-refractivity contribution in [1.29, 1.82) is 0 Å². The molecule has 1 atom stereocenters. The molecule has 0 saturated carbocycles. The monoisotopic (exact) mass is 263 g/mol. The molecule has 5 heteroatoms. The van der Waals surface area contributed by atoms with Gasteiger partial charge in [0.05, 0.1) is 6.10 Å². The number of nitrogens with zero attached hydrogens (tertiary/aromatic N) is 2. The van der Waals surface area contributed by atoms with Crippen molar-refractivity contribution < 1.29 is 9.53 Å². The van der Waals surface area contributed by atoms with E-state index in [1.807, 2.05) is 4.90 Å². The highest BCUT2D eigenvalue weighted by molar-refractivity contribution is 5.77. The van der Waals surface area contributed by atoms with Gasteiger partial charge in [0.1, 0.15) is 6.61 Å². The van der Waals surface area contributed by atoms with E-state index in [9.17, 15) is 4.79 Å². The van der Waals surface area contributed by atoms with Crippen molar-refractivity contribution in [3.63, 3.8) is 0 Å². The quantitative estimate of drug-likeness (QED) is 0.868. The summed E-state index contributed by atoms with van der Waals surface area (Å²) in [4.78, 5) is 13.9. The maximum absolute atomic E-state index is 11.9. The second-order valence-electron chi connectivity index (χ2n) is 5.30. The number of hydrogen-bond donors (Lipinski definition) is 1. The van der Waals surface area contributed by atoms with Gasteiger partial charge in [-0.1, -0.05) is 0 Å². The van der Waals surface area contributed by atoms with Crippen molar-refractivity contribution in [1.82, 2.24) is 14.8 Å². The fourth-order valence-corrected chi connectivity index (χ4v) is 2.79. The molecule has 0 spiro atoms. The van der Waals surface area contributed by atoms with Gasteiger partial charge >= 0.3 is 0 Å². The number of rotatable bonds is 3. The Balaban J connectivity index is 1.51. The summed E-state index contributed by atoms with van der Waals surface area (Å²) in [5, 5.41) is 3.36. The Labute approximate surface area is 113 Å². The third-order valence-corrected chi connectivity index (χ3v) is 3.90. The molecule has 1 saturated heterocycles. The predicted molar refractivity (Wildman–Crippen MR) is 71.7 cm³/mol. The van der Waals surface area contributed by atoms with Crippen LogP contribution in [-0.4, -0.2) is 47.7 Å². The van der Waals surface area contributed by atoms with Crippen molar-refractivity contribution in [3.8, 4) is 0 Å². The van der Waals surface area contributed by atoms with Crippen molar-refractivity contribution in [2.24, 2.45) is 0 Å². The molecular formula is C14H21N3O2. The zero-order chi connectivity index (χ0) is 13.1. The Morgan fingerprint density at radius 2 is 2.26 bits per heavy atom. The number of ether oxygens (including phenoxy) is 1. The van der Waals surface area contributed by atoms with Crippen LogP contribution in [-0.2, 0) is 22.6 Å². The Kier molecular flexibility index (Phi) is 3.84. The van der Waals surface area contributed by atoms with Crippen molar-refractivity contribution in [2.75, 3.05) is 26.2 Å². The smallest absolute Gasteiger partial charge is 0.248 e. The lowest BCUT2D eigenvalue weighted by atomic mass is 10.3. The third kappa shape index (κ3) is 2.98. The molecule has 1 fully saturated rings. The van der Waals surface area contributed by atoms with Crippen LogP contribution in [0.5, 0.6) is 0 Å². The van der Waals surface area contributed by atoms with Crippen molar-refractivity contribution in [3.05, 3.63) is 24.0 Å². The topological polar surface area (TPSA) is 46.5 Å². The summed E-state index contributed by atoms with van der Waals surface area (Å²) in [5.74, 6) is 0.134. The first kappa shape index (κ1) is 12.7.